The molecule has 10 nitrogen and oxygen atoms in total. The quantitative estimate of drug-likeness (QED) is 0.308. The summed E-state index contributed by atoms with van der Waals surface area (Å²) in [6.45, 7) is 6.91. The summed E-state index contributed by atoms with van der Waals surface area (Å²) in [6, 6.07) is 5.71. The van der Waals surface area contributed by atoms with Gasteiger partial charge < -0.3 is 14.6 Å². The number of amides is 1. The van der Waals surface area contributed by atoms with Crippen molar-refractivity contribution >= 4 is 28.6 Å². The van der Waals surface area contributed by atoms with Crippen molar-refractivity contribution in [2.24, 2.45) is 0 Å². The van der Waals surface area contributed by atoms with Gasteiger partial charge in [0.05, 0.1) is 34.2 Å². The van der Waals surface area contributed by atoms with E-state index < -0.39 is 16.8 Å². The molecule has 3 heterocycles. The second kappa shape index (κ2) is 10.2. The van der Waals surface area contributed by atoms with Gasteiger partial charge in [0.1, 0.15) is 5.82 Å². The van der Waals surface area contributed by atoms with Crippen molar-refractivity contribution in [1.82, 2.24) is 19.9 Å². The molecule has 1 aliphatic rings. The Labute approximate surface area is 202 Å². The maximum Gasteiger partial charge on any atom is 0.313 e. The van der Waals surface area contributed by atoms with Crippen molar-refractivity contribution in [3.63, 3.8) is 0 Å². The van der Waals surface area contributed by atoms with Gasteiger partial charge in [-0.3, -0.25) is 24.7 Å². The number of likely N-dealkylation sites (tertiary alicyclic amines) is 1. The van der Waals surface area contributed by atoms with Crippen LogP contribution in [-0.2, 0) is 14.3 Å². The van der Waals surface area contributed by atoms with Crippen LogP contribution in [0, 0.1) is 24.0 Å². The first-order valence-electron chi connectivity index (χ1n) is 11.8. The number of piperidine rings is 1. The molecule has 0 radical (unpaired) electrons. The number of nitro groups is 1. The molecule has 35 heavy (non-hydrogen) atoms. The third kappa shape index (κ3) is 5.16. The van der Waals surface area contributed by atoms with Crippen LogP contribution in [0.4, 0.5) is 5.69 Å². The summed E-state index contributed by atoms with van der Waals surface area (Å²) in [5.74, 6) is -0.364. The fourth-order valence-electron chi connectivity index (χ4n) is 4.71. The lowest BCUT2D eigenvalue weighted by atomic mass is 9.88. The van der Waals surface area contributed by atoms with Crippen LogP contribution in [0.5, 0.6) is 0 Å². The predicted molar refractivity (Wildman–Crippen MR) is 129 cm³/mol. The van der Waals surface area contributed by atoms with Gasteiger partial charge in [0.25, 0.3) is 5.69 Å². The number of carbonyl (C=O) groups is 2. The molecule has 0 bridgehead atoms. The number of nitro benzene ring substituents is 1. The van der Waals surface area contributed by atoms with E-state index in [4.69, 9.17) is 4.74 Å². The molecule has 1 fully saturated rings. The molecule has 3 aromatic rings. The summed E-state index contributed by atoms with van der Waals surface area (Å²) in [4.78, 5) is 50.5. The van der Waals surface area contributed by atoms with Crippen LogP contribution >= 0.6 is 0 Å². The SMILES string of the molecule is CCOC(=O)C(CC(=O)N1CCC(c2cnc(C)c3[nH]c(C)nc23)CC1)c1ccc([N+](=O)[O-])cc1. The molecule has 1 unspecified atom stereocenters. The topological polar surface area (TPSA) is 131 Å². The molecule has 1 atom stereocenters. The van der Waals surface area contributed by atoms with Gasteiger partial charge in [0, 0.05) is 43.4 Å². The first kappa shape index (κ1) is 24.3. The number of nitrogens with zero attached hydrogens (tertiary/aromatic N) is 4. The van der Waals surface area contributed by atoms with E-state index in [1.165, 1.54) is 24.3 Å². The maximum atomic E-state index is 13.1. The zero-order chi connectivity index (χ0) is 25.1. The number of ether oxygens (including phenoxy) is 1. The van der Waals surface area contributed by atoms with E-state index in [0.29, 0.717) is 18.7 Å². The first-order chi connectivity index (χ1) is 16.8. The smallest absolute Gasteiger partial charge is 0.313 e. The Morgan fingerprint density at radius 2 is 1.91 bits per heavy atom. The lowest BCUT2D eigenvalue weighted by molar-refractivity contribution is -0.384. The molecule has 1 aliphatic heterocycles. The van der Waals surface area contributed by atoms with Crippen LogP contribution in [0.25, 0.3) is 11.0 Å². The molecule has 10 heteroatoms. The Morgan fingerprint density at radius 3 is 2.54 bits per heavy atom. The molecule has 0 saturated carbocycles. The van der Waals surface area contributed by atoms with Gasteiger partial charge >= 0.3 is 5.97 Å². The average Bonchev–Trinajstić information content (AvgIpc) is 3.25. The van der Waals surface area contributed by atoms with Crippen molar-refractivity contribution < 1.29 is 19.2 Å². The van der Waals surface area contributed by atoms with E-state index in [9.17, 15) is 19.7 Å². The number of non-ortho nitro benzene ring substituents is 1. The highest BCUT2D eigenvalue weighted by molar-refractivity contribution is 5.87. The lowest BCUT2D eigenvalue weighted by Gasteiger charge is -2.33. The summed E-state index contributed by atoms with van der Waals surface area (Å²) >= 11 is 0. The number of aromatic amines is 1. The molecular formula is C25H29N5O5. The second-order valence-corrected chi connectivity index (χ2v) is 8.86. The fourth-order valence-corrected chi connectivity index (χ4v) is 4.71. The van der Waals surface area contributed by atoms with E-state index in [-0.39, 0.29) is 30.5 Å². The highest BCUT2D eigenvalue weighted by Crippen LogP contribution is 2.33. The van der Waals surface area contributed by atoms with Gasteiger partial charge in [-0.15, -0.1) is 0 Å². The summed E-state index contributed by atoms with van der Waals surface area (Å²) < 4.78 is 5.19. The van der Waals surface area contributed by atoms with Crippen LogP contribution in [0.15, 0.2) is 30.5 Å². The number of hydrogen-bond donors (Lipinski definition) is 1. The first-order valence-corrected chi connectivity index (χ1v) is 11.8. The van der Waals surface area contributed by atoms with Crippen molar-refractivity contribution in [1.29, 1.82) is 0 Å². The molecule has 0 spiro atoms. The fraction of sp³-hybridized carbons (Fsp3) is 0.440. The minimum absolute atomic E-state index is 0.0454. The monoisotopic (exact) mass is 479 g/mol. The second-order valence-electron chi connectivity index (χ2n) is 8.86. The van der Waals surface area contributed by atoms with E-state index in [2.05, 4.69) is 15.0 Å². The van der Waals surface area contributed by atoms with Gasteiger partial charge in [-0.05, 0) is 45.1 Å². The molecule has 184 valence electrons. The number of esters is 1. The summed E-state index contributed by atoms with van der Waals surface area (Å²) in [5, 5.41) is 11.0. The molecule has 1 amide bonds. The molecular weight excluding hydrogens is 450 g/mol. The minimum atomic E-state index is -0.811. The largest absolute Gasteiger partial charge is 0.466 e. The normalized spacial score (nSPS) is 15.2. The van der Waals surface area contributed by atoms with Crippen LogP contribution in [-0.4, -0.2) is 56.3 Å². The Balaban J connectivity index is 1.45. The number of benzene rings is 1. The van der Waals surface area contributed by atoms with E-state index in [0.717, 1.165) is 41.0 Å². The number of nitrogens with one attached hydrogen (secondary N) is 1. The maximum absolute atomic E-state index is 13.1. The minimum Gasteiger partial charge on any atom is -0.466 e. The highest BCUT2D eigenvalue weighted by atomic mass is 16.6. The van der Waals surface area contributed by atoms with Gasteiger partial charge in [0.2, 0.25) is 5.91 Å². The number of imidazole rings is 1. The van der Waals surface area contributed by atoms with Crippen molar-refractivity contribution in [2.75, 3.05) is 19.7 Å². The number of pyridine rings is 1. The molecule has 1 saturated heterocycles. The van der Waals surface area contributed by atoms with Crippen LogP contribution < -0.4 is 0 Å². The van der Waals surface area contributed by atoms with Crippen molar-refractivity contribution in [2.45, 2.75) is 51.9 Å². The molecule has 1 aromatic carbocycles. The number of H-pyrrole nitrogens is 1. The molecule has 4 rings (SSSR count). The van der Waals surface area contributed by atoms with Gasteiger partial charge in [0.15, 0.2) is 0 Å². The van der Waals surface area contributed by atoms with Gasteiger partial charge in [-0.1, -0.05) is 12.1 Å². The Morgan fingerprint density at radius 1 is 1.23 bits per heavy atom. The van der Waals surface area contributed by atoms with Crippen molar-refractivity contribution in [3.05, 3.63) is 63.2 Å². The number of hydrogen-bond acceptors (Lipinski definition) is 7. The third-order valence-corrected chi connectivity index (χ3v) is 6.60. The number of aromatic nitrogens is 3. The Bertz CT molecular complexity index is 1250. The summed E-state index contributed by atoms with van der Waals surface area (Å²) in [7, 11) is 0. The van der Waals surface area contributed by atoms with Crippen LogP contribution in [0.3, 0.4) is 0 Å². The summed E-state index contributed by atoms with van der Waals surface area (Å²) in [5.41, 5.74) is 4.36. The van der Waals surface area contributed by atoms with Crippen molar-refractivity contribution in [3.8, 4) is 0 Å². The number of carbonyl (C=O) groups excluding carboxylic acids is 2. The third-order valence-electron chi connectivity index (χ3n) is 6.60. The van der Waals surface area contributed by atoms with E-state index in [1.807, 2.05) is 20.0 Å². The average molecular weight is 480 g/mol. The zero-order valence-electron chi connectivity index (χ0n) is 20.1. The predicted octanol–water partition coefficient (Wildman–Crippen LogP) is 3.93. The van der Waals surface area contributed by atoms with Crippen LogP contribution in [0.2, 0.25) is 0 Å². The number of fused-ring (bicyclic) bond motifs is 1. The molecule has 2 aromatic heterocycles. The Kier molecular flexibility index (Phi) is 7.09. The van der Waals surface area contributed by atoms with Gasteiger partial charge in [-0.25, -0.2) is 4.98 Å². The van der Waals surface area contributed by atoms with E-state index in [1.54, 1.807) is 11.8 Å². The highest BCUT2D eigenvalue weighted by Gasteiger charge is 2.31. The number of aryl methyl sites for hydroxylation is 2. The lowest BCUT2D eigenvalue weighted by Crippen LogP contribution is -2.39. The molecule has 1 N–H and O–H groups in total. The summed E-state index contributed by atoms with van der Waals surface area (Å²) in [6.07, 6.45) is 3.40. The molecule has 0 aliphatic carbocycles. The van der Waals surface area contributed by atoms with E-state index >= 15 is 0 Å². The Hall–Kier alpha value is -3.82. The van der Waals surface area contributed by atoms with Crippen LogP contribution in [0.1, 0.15) is 60.7 Å². The standard InChI is InChI=1S/C25H29N5O5/c1-4-35-25(32)20(17-5-7-19(8-6-17)30(33)34)13-22(31)29-11-9-18(10-12-29)21-14-26-15(2)23-24(21)28-16(3)27-23/h5-8,14,18,20H,4,9-13H2,1-3H3,(H,27,28). The zero-order valence-corrected chi connectivity index (χ0v) is 20.1. The van der Waals surface area contributed by atoms with Gasteiger partial charge in [-0.2, -0.15) is 0 Å². The number of rotatable bonds is 7.